The van der Waals surface area contributed by atoms with Crippen LogP contribution in [-0.2, 0) is 4.74 Å². The minimum Gasteiger partial charge on any atom is -0.387 e. The average molecular weight is 143 g/mol. The summed E-state index contributed by atoms with van der Waals surface area (Å²) in [7, 11) is 0. The first kappa shape index (κ1) is 7.72. The fourth-order valence-electron chi connectivity index (χ4n) is 0.969. The fraction of sp³-hybridized carbons (Fsp3) is 0.714. The van der Waals surface area contributed by atoms with Crippen molar-refractivity contribution in [2.24, 2.45) is 0 Å². The monoisotopic (exact) mass is 143 g/mol. The summed E-state index contributed by atoms with van der Waals surface area (Å²) in [5.74, 6) is 0. The largest absolute Gasteiger partial charge is 0.387 e. The molecule has 3 nitrogen and oxygen atoms in total. The second-order valence-corrected chi connectivity index (χ2v) is 2.36. The van der Waals surface area contributed by atoms with Crippen LogP contribution >= 0.6 is 0 Å². The molecule has 0 aromatic rings. The van der Waals surface area contributed by atoms with Crippen molar-refractivity contribution in [1.29, 1.82) is 0 Å². The summed E-state index contributed by atoms with van der Waals surface area (Å²) in [6.45, 7) is 5.62. The summed E-state index contributed by atoms with van der Waals surface area (Å²) in [6, 6.07) is 0.0336. The van der Waals surface area contributed by atoms with Gasteiger partial charge in [-0.25, -0.2) is 0 Å². The lowest BCUT2D eigenvalue weighted by Crippen LogP contribution is -2.47. The number of nitrogens with one attached hydrogen (secondary N) is 1. The molecule has 58 valence electrons. The van der Waals surface area contributed by atoms with Gasteiger partial charge in [0.25, 0.3) is 0 Å². The van der Waals surface area contributed by atoms with Crippen LogP contribution in [0.5, 0.6) is 0 Å². The third kappa shape index (κ3) is 1.80. The van der Waals surface area contributed by atoms with E-state index in [0.717, 1.165) is 13.2 Å². The third-order valence-electron chi connectivity index (χ3n) is 1.60. The second-order valence-electron chi connectivity index (χ2n) is 2.36. The van der Waals surface area contributed by atoms with Crippen LogP contribution in [0.25, 0.3) is 0 Å². The minimum absolute atomic E-state index is 0.0336. The van der Waals surface area contributed by atoms with Gasteiger partial charge in [-0.2, -0.15) is 0 Å². The highest BCUT2D eigenvalue weighted by Gasteiger charge is 2.18. The molecule has 3 heteroatoms. The van der Waals surface area contributed by atoms with Crippen molar-refractivity contribution >= 4 is 0 Å². The van der Waals surface area contributed by atoms with E-state index in [0.29, 0.717) is 6.61 Å². The Kier molecular flexibility index (Phi) is 2.86. The molecule has 1 rings (SSSR count). The van der Waals surface area contributed by atoms with E-state index in [2.05, 4.69) is 11.9 Å². The molecular formula is C7H13NO2. The maximum atomic E-state index is 9.22. The SMILES string of the molecule is C=CC(O)C1COCCN1. The molecule has 2 atom stereocenters. The summed E-state index contributed by atoms with van der Waals surface area (Å²) in [5.41, 5.74) is 0. The zero-order valence-corrected chi connectivity index (χ0v) is 5.92. The Morgan fingerprint density at radius 3 is 3.10 bits per heavy atom. The molecule has 1 fully saturated rings. The minimum atomic E-state index is -0.486. The van der Waals surface area contributed by atoms with E-state index >= 15 is 0 Å². The van der Waals surface area contributed by atoms with E-state index in [4.69, 9.17) is 4.74 Å². The Bertz CT molecular complexity index is 110. The lowest BCUT2D eigenvalue weighted by atomic mass is 10.1. The van der Waals surface area contributed by atoms with Gasteiger partial charge in [0.05, 0.1) is 25.4 Å². The van der Waals surface area contributed by atoms with Crippen LogP contribution < -0.4 is 5.32 Å². The van der Waals surface area contributed by atoms with Gasteiger partial charge < -0.3 is 15.2 Å². The van der Waals surface area contributed by atoms with Crippen molar-refractivity contribution in [3.63, 3.8) is 0 Å². The van der Waals surface area contributed by atoms with Gasteiger partial charge in [-0.05, 0) is 0 Å². The van der Waals surface area contributed by atoms with Crippen LogP contribution in [0.1, 0.15) is 0 Å². The Hall–Kier alpha value is -0.380. The van der Waals surface area contributed by atoms with Crippen LogP contribution in [-0.4, -0.2) is 37.0 Å². The van der Waals surface area contributed by atoms with E-state index in [1.165, 1.54) is 6.08 Å². The normalized spacial score (nSPS) is 29.5. The Labute approximate surface area is 60.7 Å². The smallest absolute Gasteiger partial charge is 0.0893 e. The second kappa shape index (κ2) is 3.71. The topological polar surface area (TPSA) is 41.5 Å². The van der Waals surface area contributed by atoms with Gasteiger partial charge in [0.2, 0.25) is 0 Å². The number of aliphatic hydroxyl groups excluding tert-OH is 1. The van der Waals surface area contributed by atoms with Gasteiger partial charge in [-0.3, -0.25) is 0 Å². The summed E-state index contributed by atoms with van der Waals surface area (Å²) < 4.78 is 5.13. The number of rotatable bonds is 2. The van der Waals surface area contributed by atoms with Crippen molar-refractivity contribution in [3.8, 4) is 0 Å². The van der Waals surface area contributed by atoms with Gasteiger partial charge >= 0.3 is 0 Å². The van der Waals surface area contributed by atoms with Crippen molar-refractivity contribution in [2.45, 2.75) is 12.1 Å². The standard InChI is InChI=1S/C7H13NO2/c1-2-7(9)6-5-10-4-3-8-6/h2,6-9H,1,3-5H2. The zero-order chi connectivity index (χ0) is 7.40. The van der Waals surface area contributed by atoms with Crippen molar-refractivity contribution in [2.75, 3.05) is 19.8 Å². The molecule has 1 heterocycles. The number of hydrogen-bond donors (Lipinski definition) is 2. The third-order valence-corrected chi connectivity index (χ3v) is 1.60. The molecule has 0 aliphatic carbocycles. The molecule has 0 amide bonds. The molecule has 1 aliphatic heterocycles. The molecule has 0 saturated carbocycles. The molecule has 10 heavy (non-hydrogen) atoms. The lowest BCUT2D eigenvalue weighted by Gasteiger charge is -2.26. The molecule has 1 saturated heterocycles. The van der Waals surface area contributed by atoms with Crippen molar-refractivity contribution in [1.82, 2.24) is 5.32 Å². The lowest BCUT2D eigenvalue weighted by molar-refractivity contribution is 0.0346. The van der Waals surface area contributed by atoms with Crippen LogP contribution in [0, 0.1) is 0 Å². The number of aliphatic hydroxyl groups is 1. The molecule has 0 aromatic carbocycles. The first-order chi connectivity index (χ1) is 4.84. The van der Waals surface area contributed by atoms with Gasteiger partial charge in [-0.15, -0.1) is 6.58 Å². The number of ether oxygens (including phenoxy) is 1. The molecule has 2 N–H and O–H groups in total. The van der Waals surface area contributed by atoms with Gasteiger partial charge in [0.15, 0.2) is 0 Å². The van der Waals surface area contributed by atoms with Crippen molar-refractivity contribution in [3.05, 3.63) is 12.7 Å². The Balaban J connectivity index is 2.30. The van der Waals surface area contributed by atoms with E-state index in [1.54, 1.807) is 0 Å². The molecule has 2 unspecified atom stereocenters. The van der Waals surface area contributed by atoms with E-state index in [9.17, 15) is 5.11 Å². The van der Waals surface area contributed by atoms with Gasteiger partial charge in [0, 0.05) is 6.54 Å². The molecule has 0 spiro atoms. The zero-order valence-electron chi connectivity index (χ0n) is 5.92. The van der Waals surface area contributed by atoms with Crippen LogP contribution in [0.15, 0.2) is 12.7 Å². The predicted octanol–water partition coefficient (Wildman–Crippen LogP) is -0.478. The van der Waals surface area contributed by atoms with E-state index in [-0.39, 0.29) is 6.04 Å². The summed E-state index contributed by atoms with van der Waals surface area (Å²) in [4.78, 5) is 0. The highest BCUT2D eigenvalue weighted by Crippen LogP contribution is 1.99. The van der Waals surface area contributed by atoms with Gasteiger partial charge in [-0.1, -0.05) is 6.08 Å². The molecule has 1 aliphatic rings. The highest BCUT2D eigenvalue weighted by molar-refractivity contribution is 4.89. The first-order valence-electron chi connectivity index (χ1n) is 3.46. The van der Waals surface area contributed by atoms with Crippen LogP contribution in [0.4, 0.5) is 0 Å². The summed E-state index contributed by atoms with van der Waals surface area (Å²) in [5, 5.41) is 12.3. The predicted molar refractivity (Wildman–Crippen MR) is 38.8 cm³/mol. The summed E-state index contributed by atoms with van der Waals surface area (Å²) >= 11 is 0. The Morgan fingerprint density at radius 1 is 1.80 bits per heavy atom. The average Bonchev–Trinajstić information content (AvgIpc) is 2.05. The summed E-state index contributed by atoms with van der Waals surface area (Å²) in [6.07, 6.45) is 1.03. The van der Waals surface area contributed by atoms with E-state index < -0.39 is 6.10 Å². The maximum Gasteiger partial charge on any atom is 0.0893 e. The van der Waals surface area contributed by atoms with Crippen LogP contribution in [0.3, 0.4) is 0 Å². The molecular weight excluding hydrogens is 130 g/mol. The van der Waals surface area contributed by atoms with Crippen molar-refractivity contribution < 1.29 is 9.84 Å². The maximum absolute atomic E-state index is 9.22. The first-order valence-corrected chi connectivity index (χ1v) is 3.46. The van der Waals surface area contributed by atoms with E-state index in [1.807, 2.05) is 0 Å². The van der Waals surface area contributed by atoms with Crippen LogP contribution in [0.2, 0.25) is 0 Å². The molecule has 0 bridgehead atoms. The van der Waals surface area contributed by atoms with Gasteiger partial charge in [0.1, 0.15) is 0 Å². The highest BCUT2D eigenvalue weighted by atomic mass is 16.5. The molecule has 0 aromatic heterocycles. The fourth-order valence-corrected chi connectivity index (χ4v) is 0.969. The molecule has 0 radical (unpaired) electrons. The Morgan fingerprint density at radius 2 is 2.60 bits per heavy atom. The number of hydrogen-bond acceptors (Lipinski definition) is 3. The number of morpholine rings is 1. The quantitative estimate of drug-likeness (QED) is 0.513.